The van der Waals surface area contributed by atoms with Crippen LogP contribution in [0.25, 0.3) is 0 Å². The van der Waals surface area contributed by atoms with E-state index in [0.717, 1.165) is 13.1 Å². The second kappa shape index (κ2) is 6.76. The average Bonchev–Trinajstić information content (AvgIpc) is 3.05. The minimum Gasteiger partial charge on any atom is -0.351 e. The number of aryl methyl sites for hydroxylation is 1. The van der Waals surface area contributed by atoms with Crippen molar-refractivity contribution in [3.05, 3.63) is 46.4 Å². The lowest BCUT2D eigenvalue weighted by Crippen LogP contribution is -2.21. The third-order valence-electron chi connectivity index (χ3n) is 3.26. The van der Waals surface area contributed by atoms with Gasteiger partial charge in [0.2, 0.25) is 0 Å². The van der Waals surface area contributed by atoms with Gasteiger partial charge < -0.3 is 9.88 Å². The van der Waals surface area contributed by atoms with E-state index in [2.05, 4.69) is 59.6 Å². The fourth-order valence-corrected chi connectivity index (χ4v) is 3.11. The molecular formula is C15H22N2S. The monoisotopic (exact) mass is 262 g/mol. The molecule has 1 N–H and O–H groups in total. The van der Waals surface area contributed by atoms with Crippen molar-refractivity contribution in [1.82, 2.24) is 9.88 Å². The van der Waals surface area contributed by atoms with Gasteiger partial charge in [-0.25, -0.2) is 0 Å². The summed E-state index contributed by atoms with van der Waals surface area (Å²) in [5.74, 6) is 0. The Hall–Kier alpha value is -1.06. The summed E-state index contributed by atoms with van der Waals surface area (Å²) in [5.41, 5.74) is 1.37. The highest BCUT2D eigenvalue weighted by Gasteiger charge is 2.11. The number of nitrogens with one attached hydrogen (secondary N) is 1. The standard InChI is InChI=1S/C15H22N2S/c1-3-7-14(15-9-6-11-18-15)16-12-13-8-5-10-17(13)4-2/h5-6,8-11,14,16H,3-4,7,12H2,1-2H3. The summed E-state index contributed by atoms with van der Waals surface area (Å²) in [6, 6.07) is 9.19. The summed E-state index contributed by atoms with van der Waals surface area (Å²) >= 11 is 1.85. The Labute approximate surface area is 114 Å². The first-order valence-electron chi connectivity index (χ1n) is 6.76. The van der Waals surface area contributed by atoms with Gasteiger partial charge in [0.15, 0.2) is 0 Å². The average molecular weight is 262 g/mol. The molecule has 0 saturated carbocycles. The van der Waals surface area contributed by atoms with Crippen molar-refractivity contribution >= 4 is 11.3 Å². The van der Waals surface area contributed by atoms with E-state index in [9.17, 15) is 0 Å². The molecule has 0 aliphatic heterocycles. The highest BCUT2D eigenvalue weighted by atomic mass is 32.1. The predicted octanol–water partition coefficient (Wildman–Crippen LogP) is 4.20. The number of rotatable bonds is 7. The molecule has 2 nitrogen and oxygen atoms in total. The van der Waals surface area contributed by atoms with Crippen LogP contribution in [0.15, 0.2) is 35.8 Å². The molecule has 2 heterocycles. The molecular weight excluding hydrogens is 240 g/mol. The highest BCUT2D eigenvalue weighted by molar-refractivity contribution is 7.10. The number of thiophene rings is 1. The second-order valence-electron chi connectivity index (χ2n) is 4.52. The molecule has 0 saturated heterocycles. The Morgan fingerprint density at radius 2 is 2.17 bits per heavy atom. The van der Waals surface area contributed by atoms with E-state index in [-0.39, 0.29) is 0 Å². The van der Waals surface area contributed by atoms with Gasteiger partial charge in [-0.15, -0.1) is 11.3 Å². The van der Waals surface area contributed by atoms with Crippen LogP contribution in [-0.2, 0) is 13.1 Å². The summed E-state index contributed by atoms with van der Waals surface area (Å²) < 4.78 is 2.30. The van der Waals surface area contributed by atoms with E-state index in [1.807, 2.05) is 11.3 Å². The van der Waals surface area contributed by atoms with Crippen LogP contribution in [-0.4, -0.2) is 4.57 Å². The largest absolute Gasteiger partial charge is 0.351 e. The van der Waals surface area contributed by atoms with E-state index < -0.39 is 0 Å². The maximum Gasteiger partial charge on any atom is 0.0417 e. The number of hydrogen-bond donors (Lipinski definition) is 1. The smallest absolute Gasteiger partial charge is 0.0417 e. The highest BCUT2D eigenvalue weighted by Crippen LogP contribution is 2.23. The molecule has 1 unspecified atom stereocenters. The van der Waals surface area contributed by atoms with E-state index in [4.69, 9.17) is 0 Å². The molecule has 3 heteroatoms. The first kappa shape index (κ1) is 13.4. The zero-order valence-corrected chi connectivity index (χ0v) is 12.0. The van der Waals surface area contributed by atoms with Crippen LogP contribution in [0, 0.1) is 0 Å². The Kier molecular flexibility index (Phi) is 5.02. The van der Waals surface area contributed by atoms with Crippen LogP contribution >= 0.6 is 11.3 Å². The molecule has 1 atom stereocenters. The molecule has 0 aromatic carbocycles. The lowest BCUT2D eigenvalue weighted by molar-refractivity contribution is 0.488. The molecule has 0 radical (unpaired) electrons. The Morgan fingerprint density at radius 3 is 2.83 bits per heavy atom. The molecule has 0 aliphatic carbocycles. The first-order chi connectivity index (χ1) is 8.85. The summed E-state index contributed by atoms with van der Waals surface area (Å²) in [7, 11) is 0. The van der Waals surface area contributed by atoms with Crippen LogP contribution in [0.2, 0.25) is 0 Å². The first-order valence-corrected chi connectivity index (χ1v) is 7.64. The Balaban J connectivity index is 1.98. The van der Waals surface area contributed by atoms with Crippen molar-refractivity contribution in [2.45, 2.75) is 45.8 Å². The molecule has 0 bridgehead atoms. The third kappa shape index (κ3) is 3.24. The van der Waals surface area contributed by atoms with Crippen LogP contribution < -0.4 is 5.32 Å². The van der Waals surface area contributed by atoms with Gasteiger partial charge in [0.1, 0.15) is 0 Å². The number of aromatic nitrogens is 1. The molecule has 2 aromatic rings. The molecule has 18 heavy (non-hydrogen) atoms. The SMILES string of the molecule is CCCC(NCc1cccn1CC)c1cccs1. The fraction of sp³-hybridized carbons (Fsp3) is 0.467. The van der Waals surface area contributed by atoms with Gasteiger partial charge in [-0.1, -0.05) is 19.4 Å². The Bertz CT molecular complexity index is 445. The van der Waals surface area contributed by atoms with Gasteiger partial charge in [0.05, 0.1) is 0 Å². The van der Waals surface area contributed by atoms with E-state index in [1.165, 1.54) is 23.4 Å². The van der Waals surface area contributed by atoms with E-state index in [1.54, 1.807) is 0 Å². The fourth-order valence-electron chi connectivity index (χ4n) is 2.27. The molecule has 98 valence electrons. The van der Waals surface area contributed by atoms with E-state index >= 15 is 0 Å². The quantitative estimate of drug-likeness (QED) is 0.791. The van der Waals surface area contributed by atoms with Crippen molar-refractivity contribution < 1.29 is 0 Å². The lowest BCUT2D eigenvalue weighted by atomic mass is 10.1. The van der Waals surface area contributed by atoms with Gasteiger partial charge in [-0.3, -0.25) is 0 Å². The lowest BCUT2D eigenvalue weighted by Gasteiger charge is -2.17. The van der Waals surface area contributed by atoms with Gasteiger partial charge in [0, 0.05) is 35.9 Å². The number of nitrogens with zero attached hydrogens (tertiary/aromatic N) is 1. The normalized spacial score (nSPS) is 12.8. The molecule has 0 fully saturated rings. The van der Waals surface area contributed by atoms with Gasteiger partial charge in [-0.05, 0) is 36.9 Å². The summed E-state index contributed by atoms with van der Waals surface area (Å²) in [6.07, 6.45) is 4.56. The maximum absolute atomic E-state index is 3.69. The predicted molar refractivity (Wildman–Crippen MR) is 78.9 cm³/mol. The second-order valence-corrected chi connectivity index (χ2v) is 5.50. The molecule has 0 spiro atoms. The summed E-state index contributed by atoms with van der Waals surface area (Å²) in [4.78, 5) is 1.45. The maximum atomic E-state index is 3.69. The number of hydrogen-bond acceptors (Lipinski definition) is 2. The molecule has 2 rings (SSSR count). The van der Waals surface area contributed by atoms with Gasteiger partial charge in [-0.2, -0.15) is 0 Å². The topological polar surface area (TPSA) is 17.0 Å². The van der Waals surface area contributed by atoms with Gasteiger partial charge >= 0.3 is 0 Å². The van der Waals surface area contributed by atoms with Crippen molar-refractivity contribution in [2.24, 2.45) is 0 Å². The van der Waals surface area contributed by atoms with Crippen molar-refractivity contribution in [2.75, 3.05) is 0 Å². The van der Waals surface area contributed by atoms with Gasteiger partial charge in [0.25, 0.3) is 0 Å². The minimum absolute atomic E-state index is 0.496. The van der Waals surface area contributed by atoms with Crippen LogP contribution in [0.3, 0.4) is 0 Å². The third-order valence-corrected chi connectivity index (χ3v) is 4.24. The van der Waals surface area contributed by atoms with Crippen LogP contribution in [0.1, 0.15) is 43.3 Å². The van der Waals surface area contributed by atoms with Crippen LogP contribution in [0.5, 0.6) is 0 Å². The van der Waals surface area contributed by atoms with Crippen molar-refractivity contribution in [1.29, 1.82) is 0 Å². The van der Waals surface area contributed by atoms with Crippen molar-refractivity contribution in [3.8, 4) is 0 Å². The van der Waals surface area contributed by atoms with Crippen LogP contribution in [0.4, 0.5) is 0 Å². The molecule has 0 aliphatic rings. The summed E-state index contributed by atoms with van der Waals surface area (Å²) in [5, 5.41) is 5.85. The Morgan fingerprint density at radius 1 is 1.28 bits per heavy atom. The zero-order chi connectivity index (χ0) is 12.8. The minimum atomic E-state index is 0.496. The molecule has 0 amide bonds. The van der Waals surface area contributed by atoms with E-state index in [0.29, 0.717) is 6.04 Å². The molecule has 2 aromatic heterocycles. The zero-order valence-electron chi connectivity index (χ0n) is 11.2. The summed E-state index contributed by atoms with van der Waals surface area (Å²) in [6.45, 7) is 6.42. The van der Waals surface area contributed by atoms with Crippen molar-refractivity contribution in [3.63, 3.8) is 0 Å².